The summed E-state index contributed by atoms with van der Waals surface area (Å²) in [5, 5.41) is 2.89. The standard InChI is InChI=1S/C21H22FNO3S/c22-17-7-4-15(5-8-17)19-13-20(19)23-21(24)10-11-27(25,26)18-9-6-14-2-1-3-16(14)12-18/h4-9,12,19-20H,1-3,10-11,13H2,(H,23,24)/t19-,20+/m1/s1. The number of sulfone groups is 1. The van der Waals surface area contributed by atoms with Crippen LogP contribution in [0.3, 0.4) is 0 Å². The lowest BCUT2D eigenvalue weighted by molar-refractivity contribution is -0.120. The summed E-state index contributed by atoms with van der Waals surface area (Å²) in [5.41, 5.74) is 3.33. The van der Waals surface area contributed by atoms with Crippen LogP contribution in [-0.4, -0.2) is 26.1 Å². The third kappa shape index (κ3) is 4.05. The molecule has 0 spiro atoms. The molecule has 1 fully saturated rings. The van der Waals surface area contributed by atoms with E-state index in [1.165, 1.54) is 17.7 Å². The lowest BCUT2D eigenvalue weighted by Gasteiger charge is -2.08. The first-order valence-corrected chi connectivity index (χ1v) is 11.0. The van der Waals surface area contributed by atoms with Crippen LogP contribution in [0.2, 0.25) is 0 Å². The Labute approximate surface area is 158 Å². The number of hydrogen-bond donors (Lipinski definition) is 1. The van der Waals surface area contributed by atoms with Gasteiger partial charge in [-0.05, 0) is 66.6 Å². The van der Waals surface area contributed by atoms with Crippen molar-refractivity contribution in [2.24, 2.45) is 0 Å². The Morgan fingerprint density at radius 2 is 1.81 bits per heavy atom. The number of carbonyl (C=O) groups is 1. The first-order valence-electron chi connectivity index (χ1n) is 9.32. The maximum Gasteiger partial charge on any atom is 0.221 e. The average Bonchev–Trinajstić information content (AvgIpc) is 3.24. The number of amides is 1. The van der Waals surface area contributed by atoms with Crippen molar-refractivity contribution in [3.63, 3.8) is 0 Å². The molecule has 0 heterocycles. The van der Waals surface area contributed by atoms with Crippen LogP contribution >= 0.6 is 0 Å². The molecule has 2 atom stereocenters. The van der Waals surface area contributed by atoms with Gasteiger partial charge in [0.1, 0.15) is 5.82 Å². The van der Waals surface area contributed by atoms with Crippen molar-refractivity contribution in [2.75, 3.05) is 5.75 Å². The molecule has 0 radical (unpaired) electrons. The number of halogens is 1. The van der Waals surface area contributed by atoms with E-state index in [4.69, 9.17) is 0 Å². The summed E-state index contributed by atoms with van der Waals surface area (Å²) in [4.78, 5) is 12.5. The van der Waals surface area contributed by atoms with Gasteiger partial charge in [0, 0.05) is 18.4 Å². The topological polar surface area (TPSA) is 63.2 Å². The van der Waals surface area contributed by atoms with Crippen molar-refractivity contribution in [3.8, 4) is 0 Å². The van der Waals surface area contributed by atoms with Crippen LogP contribution in [0.4, 0.5) is 4.39 Å². The fourth-order valence-electron chi connectivity index (χ4n) is 3.80. The molecule has 27 heavy (non-hydrogen) atoms. The lowest BCUT2D eigenvalue weighted by atomic mass is 10.1. The summed E-state index contributed by atoms with van der Waals surface area (Å²) in [6.45, 7) is 0. The summed E-state index contributed by atoms with van der Waals surface area (Å²) in [5.74, 6) is -0.542. The molecule has 2 aromatic carbocycles. The van der Waals surface area contributed by atoms with E-state index in [0.717, 1.165) is 36.8 Å². The molecule has 1 amide bonds. The Balaban J connectivity index is 1.31. The van der Waals surface area contributed by atoms with Gasteiger partial charge < -0.3 is 5.32 Å². The van der Waals surface area contributed by atoms with Crippen LogP contribution in [0.15, 0.2) is 47.4 Å². The number of rotatable bonds is 6. The SMILES string of the molecule is O=C(CCS(=O)(=O)c1ccc2c(c1)CCC2)N[C@H]1C[C@@H]1c1ccc(F)cc1. The van der Waals surface area contributed by atoms with Gasteiger partial charge in [0.2, 0.25) is 5.91 Å². The summed E-state index contributed by atoms with van der Waals surface area (Å²) in [6.07, 6.45) is 3.75. The van der Waals surface area contributed by atoms with Gasteiger partial charge in [-0.25, -0.2) is 12.8 Å². The Hall–Kier alpha value is -2.21. The molecule has 4 nitrogen and oxygen atoms in total. The van der Waals surface area contributed by atoms with Crippen LogP contribution in [0.1, 0.15) is 41.9 Å². The van der Waals surface area contributed by atoms with Crippen molar-refractivity contribution in [2.45, 2.75) is 49.0 Å². The average molecular weight is 387 g/mol. The lowest BCUT2D eigenvalue weighted by Crippen LogP contribution is -2.28. The van der Waals surface area contributed by atoms with Gasteiger partial charge in [-0.1, -0.05) is 18.2 Å². The minimum atomic E-state index is -3.47. The summed E-state index contributed by atoms with van der Waals surface area (Å²) in [7, 11) is -3.47. The molecular formula is C21H22FNO3S. The van der Waals surface area contributed by atoms with Gasteiger partial charge >= 0.3 is 0 Å². The Morgan fingerprint density at radius 1 is 1.07 bits per heavy atom. The zero-order valence-corrected chi connectivity index (χ0v) is 15.8. The molecule has 0 unspecified atom stereocenters. The Bertz CT molecular complexity index is 969. The van der Waals surface area contributed by atoms with Gasteiger partial charge in [-0.15, -0.1) is 0 Å². The third-order valence-electron chi connectivity index (χ3n) is 5.46. The third-order valence-corrected chi connectivity index (χ3v) is 7.18. The number of aryl methyl sites for hydroxylation is 2. The smallest absolute Gasteiger partial charge is 0.221 e. The highest BCUT2D eigenvalue weighted by Gasteiger charge is 2.39. The molecule has 1 N–H and O–H groups in total. The molecule has 0 bridgehead atoms. The quantitative estimate of drug-likeness (QED) is 0.828. The molecular weight excluding hydrogens is 365 g/mol. The van der Waals surface area contributed by atoms with E-state index in [0.29, 0.717) is 4.90 Å². The van der Waals surface area contributed by atoms with E-state index >= 15 is 0 Å². The van der Waals surface area contributed by atoms with E-state index in [2.05, 4.69) is 5.32 Å². The Morgan fingerprint density at radius 3 is 2.59 bits per heavy atom. The number of nitrogens with one attached hydrogen (secondary N) is 1. The van der Waals surface area contributed by atoms with Crippen LogP contribution in [0.25, 0.3) is 0 Å². The first-order chi connectivity index (χ1) is 12.9. The van der Waals surface area contributed by atoms with Crippen molar-refractivity contribution < 1.29 is 17.6 Å². The molecule has 4 rings (SSSR count). The minimum Gasteiger partial charge on any atom is -0.353 e. The maximum absolute atomic E-state index is 13.0. The monoisotopic (exact) mass is 387 g/mol. The second kappa shape index (κ2) is 7.08. The van der Waals surface area contributed by atoms with E-state index < -0.39 is 9.84 Å². The molecule has 1 saturated carbocycles. The highest BCUT2D eigenvalue weighted by atomic mass is 32.2. The summed E-state index contributed by atoms with van der Waals surface area (Å²) >= 11 is 0. The fourth-order valence-corrected chi connectivity index (χ4v) is 5.09. The normalized spacial score (nSPS) is 20.9. The maximum atomic E-state index is 13.0. The molecule has 142 valence electrons. The van der Waals surface area contributed by atoms with Crippen molar-refractivity contribution in [1.29, 1.82) is 0 Å². The molecule has 0 saturated heterocycles. The Kier molecular flexibility index (Phi) is 4.76. The molecule has 2 aliphatic carbocycles. The van der Waals surface area contributed by atoms with E-state index in [1.54, 1.807) is 24.3 Å². The molecule has 2 aromatic rings. The van der Waals surface area contributed by atoms with Gasteiger partial charge in [0.05, 0.1) is 10.6 Å². The minimum absolute atomic E-state index is 0.00524. The highest BCUT2D eigenvalue weighted by molar-refractivity contribution is 7.91. The number of benzene rings is 2. The first kappa shape index (κ1) is 18.2. The molecule has 6 heteroatoms. The molecule has 2 aliphatic rings. The fraction of sp³-hybridized carbons (Fsp3) is 0.381. The van der Waals surface area contributed by atoms with Crippen molar-refractivity contribution >= 4 is 15.7 Å². The number of fused-ring (bicyclic) bond motifs is 1. The molecule has 0 aliphatic heterocycles. The summed E-state index contributed by atoms with van der Waals surface area (Å²) < 4.78 is 38.1. The second-order valence-electron chi connectivity index (χ2n) is 7.42. The van der Waals surface area contributed by atoms with Crippen LogP contribution in [0, 0.1) is 5.82 Å². The number of carbonyl (C=O) groups excluding carboxylic acids is 1. The van der Waals surface area contributed by atoms with Crippen LogP contribution in [0.5, 0.6) is 0 Å². The van der Waals surface area contributed by atoms with E-state index in [9.17, 15) is 17.6 Å². The van der Waals surface area contributed by atoms with Gasteiger partial charge in [-0.2, -0.15) is 0 Å². The summed E-state index contributed by atoms with van der Waals surface area (Å²) in [6, 6.07) is 11.6. The van der Waals surface area contributed by atoms with Gasteiger partial charge in [-0.3, -0.25) is 4.79 Å². The highest BCUT2D eigenvalue weighted by Crippen LogP contribution is 2.40. The molecule has 0 aromatic heterocycles. The zero-order chi connectivity index (χ0) is 19.0. The van der Waals surface area contributed by atoms with Gasteiger partial charge in [0.15, 0.2) is 9.84 Å². The van der Waals surface area contributed by atoms with Gasteiger partial charge in [0.25, 0.3) is 0 Å². The zero-order valence-electron chi connectivity index (χ0n) is 14.9. The van der Waals surface area contributed by atoms with Crippen LogP contribution in [-0.2, 0) is 27.5 Å². The second-order valence-corrected chi connectivity index (χ2v) is 9.53. The van der Waals surface area contributed by atoms with E-state index in [1.807, 2.05) is 6.07 Å². The number of hydrogen-bond acceptors (Lipinski definition) is 3. The van der Waals surface area contributed by atoms with E-state index in [-0.39, 0.29) is 35.9 Å². The largest absolute Gasteiger partial charge is 0.353 e. The van der Waals surface area contributed by atoms with Crippen molar-refractivity contribution in [3.05, 3.63) is 65.0 Å². The van der Waals surface area contributed by atoms with Crippen LogP contribution < -0.4 is 5.32 Å². The predicted molar refractivity (Wildman–Crippen MR) is 101 cm³/mol. The van der Waals surface area contributed by atoms with Crippen molar-refractivity contribution in [1.82, 2.24) is 5.32 Å². The predicted octanol–water partition coefficient (Wildman–Crippen LogP) is 3.15.